The Hall–Kier alpha value is -4.13. The molecule has 1 N–H and O–H groups in total. The van der Waals surface area contributed by atoms with Crippen molar-refractivity contribution < 1.29 is 18.2 Å². The number of nitrogens with zero attached hydrogens (tertiary/aromatic N) is 3. The Bertz CT molecular complexity index is 1370. The fourth-order valence-corrected chi connectivity index (χ4v) is 3.33. The van der Waals surface area contributed by atoms with Gasteiger partial charge in [-0.25, -0.2) is 13.8 Å². The molecular weight excluding hydrogens is 398 g/mol. The van der Waals surface area contributed by atoms with E-state index in [4.69, 9.17) is 4.74 Å². The van der Waals surface area contributed by atoms with Gasteiger partial charge in [-0.2, -0.15) is 0 Å². The second-order valence-corrected chi connectivity index (χ2v) is 7.02. The lowest BCUT2D eigenvalue weighted by Gasteiger charge is -2.06. The van der Waals surface area contributed by atoms with Gasteiger partial charge in [0.1, 0.15) is 34.6 Å². The maximum absolute atomic E-state index is 14.1. The SMILES string of the molecule is Fc1cccc(-c2nc3cn[n+](Cc4cccc(Oc5ccccc5)c4)cc3[nH]2)c1F. The van der Waals surface area contributed by atoms with Crippen LogP contribution in [0.5, 0.6) is 11.5 Å². The lowest BCUT2D eigenvalue weighted by atomic mass is 10.2. The number of nitrogens with one attached hydrogen (secondary N) is 1. The van der Waals surface area contributed by atoms with Crippen molar-refractivity contribution in [1.29, 1.82) is 0 Å². The Morgan fingerprint density at radius 2 is 1.71 bits per heavy atom. The molecule has 0 saturated carbocycles. The molecule has 0 radical (unpaired) electrons. The number of benzene rings is 3. The number of ether oxygens (including phenoxy) is 1. The van der Waals surface area contributed by atoms with Crippen LogP contribution >= 0.6 is 0 Å². The number of para-hydroxylation sites is 1. The minimum Gasteiger partial charge on any atom is -0.457 e. The number of fused-ring (bicyclic) bond motifs is 1. The second kappa shape index (κ2) is 7.95. The van der Waals surface area contributed by atoms with E-state index in [1.165, 1.54) is 12.1 Å². The van der Waals surface area contributed by atoms with E-state index in [0.29, 0.717) is 17.6 Å². The highest BCUT2D eigenvalue weighted by atomic mass is 19.2. The Morgan fingerprint density at radius 1 is 0.903 bits per heavy atom. The molecule has 0 aliphatic heterocycles. The second-order valence-electron chi connectivity index (χ2n) is 7.02. The maximum atomic E-state index is 14.1. The number of aromatic nitrogens is 4. The van der Waals surface area contributed by atoms with Crippen LogP contribution in [0.1, 0.15) is 5.56 Å². The lowest BCUT2D eigenvalue weighted by molar-refractivity contribution is -0.745. The van der Waals surface area contributed by atoms with Crippen LogP contribution in [0.4, 0.5) is 8.78 Å². The van der Waals surface area contributed by atoms with Gasteiger partial charge < -0.3 is 9.72 Å². The van der Waals surface area contributed by atoms with E-state index in [2.05, 4.69) is 15.1 Å². The summed E-state index contributed by atoms with van der Waals surface area (Å²) in [6.45, 7) is 0.505. The third-order valence-electron chi connectivity index (χ3n) is 4.80. The molecule has 0 spiro atoms. The molecule has 0 atom stereocenters. The van der Waals surface area contributed by atoms with Crippen molar-refractivity contribution in [2.75, 3.05) is 0 Å². The average Bonchev–Trinajstić information content (AvgIpc) is 3.20. The number of rotatable bonds is 5. The fourth-order valence-electron chi connectivity index (χ4n) is 3.33. The van der Waals surface area contributed by atoms with Crippen molar-refractivity contribution in [3.63, 3.8) is 0 Å². The number of imidazole rings is 1. The molecule has 0 saturated heterocycles. The highest BCUT2D eigenvalue weighted by Gasteiger charge is 2.16. The summed E-state index contributed by atoms with van der Waals surface area (Å²) in [4.78, 5) is 7.38. The summed E-state index contributed by atoms with van der Waals surface area (Å²) in [5.74, 6) is -0.0941. The van der Waals surface area contributed by atoms with Crippen LogP contribution in [-0.2, 0) is 6.54 Å². The number of H-pyrrole nitrogens is 1. The summed E-state index contributed by atoms with van der Waals surface area (Å²) in [5, 5.41) is 4.39. The van der Waals surface area contributed by atoms with Gasteiger partial charge in [0.15, 0.2) is 18.2 Å². The first-order valence-corrected chi connectivity index (χ1v) is 9.67. The van der Waals surface area contributed by atoms with Gasteiger partial charge in [0.25, 0.3) is 0 Å². The van der Waals surface area contributed by atoms with E-state index >= 15 is 0 Å². The molecule has 0 aliphatic rings. The number of halogens is 2. The van der Waals surface area contributed by atoms with Gasteiger partial charge in [-0.05, 0) is 41.5 Å². The zero-order chi connectivity index (χ0) is 21.2. The number of hydrogen-bond acceptors (Lipinski definition) is 3. The number of aromatic amines is 1. The lowest BCUT2D eigenvalue weighted by Crippen LogP contribution is -2.37. The summed E-state index contributed by atoms with van der Waals surface area (Å²) in [7, 11) is 0. The standard InChI is InChI=1S/C24H16F2N4O/c25-20-11-5-10-19(23(20)26)24-28-21-13-27-30(15-22(21)29-24)14-16-6-4-9-18(12-16)31-17-7-2-1-3-8-17/h1-13,15H,14H2/p+1. The molecule has 31 heavy (non-hydrogen) atoms. The number of hydrogen-bond donors (Lipinski definition) is 1. The first-order chi connectivity index (χ1) is 15.2. The van der Waals surface area contributed by atoms with Crippen LogP contribution in [0.25, 0.3) is 22.4 Å². The summed E-state index contributed by atoms with van der Waals surface area (Å²) < 4.78 is 35.3. The van der Waals surface area contributed by atoms with Gasteiger partial charge in [0.05, 0.1) is 5.56 Å². The van der Waals surface area contributed by atoms with E-state index in [1.54, 1.807) is 17.1 Å². The molecule has 5 rings (SSSR count). The minimum absolute atomic E-state index is 0.0773. The third kappa shape index (κ3) is 3.98. The smallest absolute Gasteiger partial charge is 0.222 e. The third-order valence-corrected chi connectivity index (χ3v) is 4.80. The predicted octanol–water partition coefficient (Wildman–Crippen LogP) is 5.03. The van der Waals surface area contributed by atoms with E-state index in [0.717, 1.165) is 23.1 Å². The van der Waals surface area contributed by atoms with Gasteiger partial charge >= 0.3 is 0 Å². The monoisotopic (exact) mass is 415 g/mol. The quantitative estimate of drug-likeness (QED) is 0.410. The molecule has 0 bridgehead atoms. The summed E-state index contributed by atoms with van der Waals surface area (Å²) >= 11 is 0. The molecule has 152 valence electrons. The Balaban J connectivity index is 1.40. The van der Waals surface area contributed by atoms with Crippen molar-refractivity contribution in [2.45, 2.75) is 6.54 Å². The first kappa shape index (κ1) is 18.9. The predicted molar refractivity (Wildman–Crippen MR) is 111 cm³/mol. The van der Waals surface area contributed by atoms with Crippen LogP contribution in [0.15, 0.2) is 85.2 Å². The zero-order valence-electron chi connectivity index (χ0n) is 16.3. The van der Waals surface area contributed by atoms with Gasteiger partial charge in [-0.15, -0.1) is 0 Å². The molecule has 3 aromatic carbocycles. The van der Waals surface area contributed by atoms with Crippen LogP contribution in [0.2, 0.25) is 0 Å². The summed E-state index contributed by atoms with van der Waals surface area (Å²) in [6, 6.07) is 21.3. The van der Waals surface area contributed by atoms with E-state index in [9.17, 15) is 8.78 Å². The molecule has 0 aliphatic carbocycles. The molecule has 7 heteroatoms. The van der Waals surface area contributed by atoms with Crippen LogP contribution < -0.4 is 9.42 Å². The summed E-state index contributed by atoms with van der Waals surface area (Å²) in [5.41, 5.74) is 2.32. The van der Waals surface area contributed by atoms with Crippen LogP contribution in [-0.4, -0.2) is 15.1 Å². The first-order valence-electron chi connectivity index (χ1n) is 9.67. The Labute approximate surface area is 176 Å². The maximum Gasteiger partial charge on any atom is 0.222 e. The highest BCUT2D eigenvalue weighted by molar-refractivity contribution is 5.77. The molecule has 0 fully saturated rings. The molecule has 0 unspecified atom stereocenters. The molecule has 5 aromatic rings. The average molecular weight is 415 g/mol. The van der Waals surface area contributed by atoms with Crippen LogP contribution in [0.3, 0.4) is 0 Å². The molecule has 5 nitrogen and oxygen atoms in total. The Morgan fingerprint density at radius 3 is 2.58 bits per heavy atom. The molecular formula is C24H17F2N4O+. The highest BCUT2D eigenvalue weighted by Crippen LogP contribution is 2.24. The molecule has 0 amide bonds. The minimum atomic E-state index is -0.933. The van der Waals surface area contributed by atoms with E-state index in [1.807, 2.05) is 54.6 Å². The molecule has 2 aromatic heterocycles. The van der Waals surface area contributed by atoms with Crippen molar-refractivity contribution in [2.24, 2.45) is 0 Å². The fraction of sp³-hybridized carbons (Fsp3) is 0.0417. The van der Waals surface area contributed by atoms with Gasteiger partial charge in [0.2, 0.25) is 6.20 Å². The van der Waals surface area contributed by atoms with Crippen LogP contribution in [0, 0.1) is 11.6 Å². The topological polar surface area (TPSA) is 54.7 Å². The van der Waals surface area contributed by atoms with Crippen molar-refractivity contribution in [3.8, 4) is 22.9 Å². The Kier molecular flexibility index (Phi) is 4.84. The van der Waals surface area contributed by atoms with Gasteiger partial charge in [0, 0.05) is 5.56 Å². The largest absolute Gasteiger partial charge is 0.457 e. The van der Waals surface area contributed by atoms with Gasteiger partial charge in [-0.1, -0.05) is 41.1 Å². The summed E-state index contributed by atoms with van der Waals surface area (Å²) in [6.07, 6.45) is 3.38. The van der Waals surface area contributed by atoms with Crippen molar-refractivity contribution in [1.82, 2.24) is 15.1 Å². The van der Waals surface area contributed by atoms with E-state index in [-0.39, 0.29) is 11.4 Å². The van der Waals surface area contributed by atoms with Crippen molar-refractivity contribution >= 4 is 11.0 Å². The van der Waals surface area contributed by atoms with Gasteiger partial charge in [-0.3, -0.25) is 0 Å². The van der Waals surface area contributed by atoms with Crippen molar-refractivity contribution in [3.05, 3.63) is 102 Å². The zero-order valence-corrected chi connectivity index (χ0v) is 16.3. The molecule has 2 heterocycles. The normalized spacial score (nSPS) is 11.0. The van der Waals surface area contributed by atoms with E-state index < -0.39 is 11.6 Å².